The van der Waals surface area contributed by atoms with E-state index in [0.29, 0.717) is 16.7 Å². The Morgan fingerprint density at radius 3 is 2.12 bits per heavy atom. The van der Waals surface area contributed by atoms with Crippen molar-refractivity contribution < 1.29 is 42.1 Å². The van der Waals surface area contributed by atoms with Gasteiger partial charge in [0, 0.05) is 36.7 Å². The smallest absolute Gasteiger partial charge is 0.328 e. The van der Waals surface area contributed by atoms with E-state index in [1.54, 1.807) is 19.9 Å². The predicted octanol–water partition coefficient (Wildman–Crippen LogP) is 4.49. The summed E-state index contributed by atoms with van der Waals surface area (Å²) in [5, 5.41) is 2.49. The molecule has 0 bridgehead atoms. The van der Waals surface area contributed by atoms with Gasteiger partial charge in [0.1, 0.15) is 29.5 Å². The van der Waals surface area contributed by atoms with Crippen molar-refractivity contribution in [2.75, 3.05) is 14.2 Å². The second-order valence-corrected chi connectivity index (χ2v) is 8.99. The fourth-order valence-electron chi connectivity index (χ4n) is 4.28. The number of aromatic nitrogens is 1. The molecule has 0 spiro atoms. The Morgan fingerprint density at radius 1 is 0.900 bits per heavy atom. The number of benzene rings is 2. The summed E-state index contributed by atoms with van der Waals surface area (Å²) in [5.41, 5.74) is 1.47. The Balaban J connectivity index is 1.88. The van der Waals surface area contributed by atoms with Gasteiger partial charge < -0.3 is 24.3 Å². The number of ether oxygens (including phenoxy) is 4. The summed E-state index contributed by atoms with van der Waals surface area (Å²) in [6.45, 7) is 5.91. The average Bonchev–Trinajstić information content (AvgIpc) is 2.90. The predicted molar refractivity (Wildman–Crippen MR) is 141 cm³/mol. The third kappa shape index (κ3) is 6.90. The Morgan fingerprint density at radius 2 is 1.52 bits per heavy atom. The van der Waals surface area contributed by atoms with Gasteiger partial charge in [0.2, 0.25) is 5.75 Å². The monoisotopic (exact) mass is 556 g/mol. The number of pyridine rings is 1. The topological polar surface area (TPSA) is 113 Å². The molecule has 0 unspecified atom stereocenters. The highest BCUT2D eigenvalue weighted by Gasteiger charge is 2.31. The van der Waals surface area contributed by atoms with Crippen LogP contribution in [0.2, 0.25) is 0 Å². The number of hydrogen-bond donors (Lipinski definition) is 1. The zero-order valence-electron chi connectivity index (χ0n) is 22.9. The van der Waals surface area contributed by atoms with Gasteiger partial charge in [-0.05, 0) is 50.1 Å². The Kier molecular flexibility index (Phi) is 9.76. The van der Waals surface area contributed by atoms with Crippen LogP contribution in [0.3, 0.4) is 0 Å². The van der Waals surface area contributed by atoms with Gasteiger partial charge in [0.15, 0.2) is 11.4 Å². The minimum atomic E-state index is -1.15. The maximum atomic E-state index is 14.0. The lowest BCUT2D eigenvalue weighted by atomic mass is 9.84. The molecule has 0 aliphatic heterocycles. The first-order valence-corrected chi connectivity index (χ1v) is 12.3. The van der Waals surface area contributed by atoms with Crippen molar-refractivity contribution in [3.05, 3.63) is 82.7 Å². The summed E-state index contributed by atoms with van der Waals surface area (Å²) in [6.07, 6.45) is 0.430. The van der Waals surface area contributed by atoms with E-state index in [9.17, 15) is 23.2 Å². The largest absolute Gasteiger partial charge is 0.496 e. The molecule has 40 heavy (non-hydrogen) atoms. The summed E-state index contributed by atoms with van der Waals surface area (Å²) in [7, 11) is 2.72. The first-order chi connectivity index (χ1) is 19.0. The molecule has 2 aromatic carbocycles. The molecule has 0 aliphatic carbocycles. The van der Waals surface area contributed by atoms with Crippen LogP contribution >= 0.6 is 0 Å². The molecule has 1 heterocycles. The Bertz CT molecular complexity index is 1410. The molecule has 3 atom stereocenters. The van der Waals surface area contributed by atoms with E-state index in [2.05, 4.69) is 10.3 Å². The number of methoxy groups -OCH3 is 2. The normalized spacial score (nSPS) is 13.0. The molecule has 1 N–H and O–H groups in total. The van der Waals surface area contributed by atoms with Crippen LogP contribution in [0.25, 0.3) is 0 Å². The van der Waals surface area contributed by atoms with Gasteiger partial charge in [-0.25, -0.2) is 18.6 Å². The number of amides is 1. The summed E-state index contributed by atoms with van der Waals surface area (Å²) in [6, 6.07) is 8.43. The Hall–Kier alpha value is -4.54. The molecule has 0 saturated carbocycles. The zero-order valence-corrected chi connectivity index (χ0v) is 22.9. The summed E-state index contributed by atoms with van der Waals surface area (Å²) in [4.78, 5) is 41.6. The van der Waals surface area contributed by atoms with Crippen LogP contribution in [0.15, 0.2) is 48.7 Å². The van der Waals surface area contributed by atoms with Crippen LogP contribution in [0.5, 0.6) is 17.2 Å². The van der Waals surface area contributed by atoms with E-state index >= 15 is 0 Å². The number of esters is 2. The van der Waals surface area contributed by atoms with E-state index in [0.717, 1.165) is 6.92 Å². The highest BCUT2D eigenvalue weighted by molar-refractivity contribution is 5.98. The quantitative estimate of drug-likeness (QED) is 0.364. The van der Waals surface area contributed by atoms with Crippen molar-refractivity contribution >= 4 is 17.8 Å². The van der Waals surface area contributed by atoms with Crippen molar-refractivity contribution in [1.29, 1.82) is 0 Å². The molecule has 1 aromatic heterocycles. The Labute approximate surface area is 230 Å². The van der Waals surface area contributed by atoms with Gasteiger partial charge in [-0.3, -0.25) is 9.59 Å². The number of halogens is 2. The molecule has 3 rings (SSSR count). The van der Waals surface area contributed by atoms with E-state index < -0.39 is 47.5 Å². The molecular weight excluding hydrogens is 526 g/mol. The number of nitrogens with zero attached hydrogens (tertiary/aromatic N) is 1. The standard InChI is InChI=1S/C29H30F2N2O7/c1-15-13-19(30)7-9-21(15)25(22-10-8-20(31)14-24(22)38-6)17(3)39-29(36)16(2)33-28(35)26-27(40-18(4)34)23(37-5)11-12-32-26/h7-14,16-17,25H,1-6H3,(H,33,35)/t16-,17-,25+/m0/s1. The first-order valence-electron chi connectivity index (χ1n) is 12.3. The molecule has 0 radical (unpaired) electrons. The lowest BCUT2D eigenvalue weighted by molar-refractivity contribution is -0.150. The van der Waals surface area contributed by atoms with Crippen LogP contribution in [0.4, 0.5) is 8.78 Å². The second kappa shape index (κ2) is 13.0. The van der Waals surface area contributed by atoms with Crippen LogP contribution < -0.4 is 19.5 Å². The molecule has 1 amide bonds. The van der Waals surface area contributed by atoms with Crippen LogP contribution in [0.1, 0.15) is 53.9 Å². The molecule has 3 aromatic rings. The van der Waals surface area contributed by atoms with Crippen molar-refractivity contribution in [2.24, 2.45) is 0 Å². The van der Waals surface area contributed by atoms with Crippen LogP contribution in [-0.4, -0.2) is 49.2 Å². The highest BCUT2D eigenvalue weighted by atomic mass is 19.1. The number of hydrogen-bond acceptors (Lipinski definition) is 8. The zero-order chi connectivity index (χ0) is 29.6. The van der Waals surface area contributed by atoms with E-state index in [4.69, 9.17) is 18.9 Å². The molecule has 11 heteroatoms. The van der Waals surface area contributed by atoms with E-state index in [1.807, 2.05) is 0 Å². The number of aryl methyl sites for hydroxylation is 1. The lowest BCUT2D eigenvalue weighted by Crippen LogP contribution is -2.42. The van der Waals surface area contributed by atoms with Crippen LogP contribution in [-0.2, 0) is 14.3 Å². The highest BCUT2D eigenvalue weighted by Crippen LogP contribution is 2.38. The number of carbonyl (C=O) groups is 3. The maximum absolute atomic E-state index is 14.0. The molecule has 0 fully saturated rings. The summed E-state index contributed by atoms with van der Waals surface area (Å²) in [5.74, 6) is -3.79. The fourth-order valence-corrected chi connectivity index (χ4v) is 4.28. The molecule has 9 nitrogen and oxygen atoms in total. The SMILES string of the molecule is COc1cc(F)ccc1[C@@H](c1ccc(F)cc1C)[C@H](C)OC(=O)[C@H](C)NC(=O)c1nccc(OC)c1OC(C)=O. The van der Waals surface area contributed by atoms with Crippen LogP contribution in [0, 0.1) is 18.6 Å². The van der Waals surface area contributed by atoms with Gasteiger partial charge in [0.25, 0.3) is 5.91 Å². The number of carbonyl (C=O) groups excluding carboxylic acids is 3. The minimum absolute atomic E-state index is 0.102. The number of nitrogens with one attached hydrogen (secondary N) is 1. The molecular formula is C29H30F2N2O7. The third-order valence-corrected chi connectivity index (χ3v) is 6.12. The maximum Gasteiger partial charge on any atom is 0.328 e. The van der Waals surface area contributed by atoms with Gasteiger partial charge >= 0.3 is 11.9 Å². The van der Waals surface area contributed by atoms with Gasteiger partial charge in [-0.2, -0.15) is 0 Å². The van der Waals surface area contributed by atoms with Crippen molar-refractivity contribution in [2.45, 2.75) is 45.8 Å². The molecule has 0 aliphatic rings. The summed E-state index contributed by atoms with van der Waals surface area (Å²) >= 11 is 0. The van der Waals surface area contributed by atoms with Crippen molar-refractivity contribution in [3.63, 3.8) is 0 Å². The molecule has 0 saturated heterocycles. The van der Waals surface area contributed by atoms with Crippen molar-refractivity contribution in [1.82, 2.24) is 10.3 Å². The number of rotatable bonds is 10. The van der Waals surface area contributed by atoms with E-state index in [-0.39, 0.29) is 22.9 Å². The van der Waals surface area contributed by atoms with E-state index in [1.165, 1.54) is 63.7 Å². The van der Waals surface area contributed by atoms with Gasteiger partial charge in [0.05, 0.1) is 14.2 Å². The molecule has 212 valence electrons. The summed E-state index contributed by atoms with van der Waals surface area (Å²) < 4.78 is 49.2. The van der Waals surface area contributed by atoms with Gasteiger partial charge in [-0.1, -0.05) is 12.1 Å². The minimum Gasteiger partial charge on any atom is -0.496 e. The lowest BCUT2D eigenvalue weighted by Gasteiger charge is -2.28. The van der Waals surface area contributed by atoms with Gasteiger partial charge in [-0.15, -0.1) is 0 Å². The third-order valence-electron chi connectivity index (χ3n) is 6.12. The second-order valence-electron chi connectivity index (χ2n) is 8.99. The fraction of sp³-hybridized carbons (Fsp3) is 0.310. The average molecular weight is 557 g/mol. The van der Waals surface area contributed by atoms with Crippen molar-refractivity contribution in [3.8, 4) is 17.2 Å². The first kappa shape index (κ1) is 30.0.